The van der Waals surface area contributed by atoms with Gasteiger partial charge in [-0.15, -0.1) is 0 Å². The highest BCUT2D eigenvalue weighted by Crippen LogP contribution is 2.43. The van der Waals surface area contributed by atoms with Gasteiger partial charge in [-0.1, -0.05) is 0 Å². The molecule has 2 aliphatic rings. The van der Waals surface area contributed by atoms with Crippen molar-refractivity contribution in [2.75, 3.05) is 6.61 Å². The van der Waals surface area contributed by atoms with E-state index in [9.17, 15) is 0 Å². The molecule has 6 nitrogen and oxygen atoms in total. The molecule has 1 unspecified atom stereocenters. The smallest absolute Gasteiger partial charge is 0.150 e. The van der Waals surface area contributed by atoms with E-state index in [4.69, 9.17) is 9.72 Å². The normalized spacial score (nSPS) is 21.8. The van der Waals surface area contributed by atoms with Gasteiger partial charge in [-0.2, -0.15) is 10.2 Å². The zero-order valence-electron chi connectivity index (χ0n) is 12.9. The lowest BCUT2D eigenvalue weighted by molar-refractivity contribution is -0.0366. The van der Waals surface area contributed by atoms with Crippen LogP contribution in [-0.4, -0.2) is 31.6 Å². The van der Waals surface area contributed by atoms with Crippen molar-refractivity contribution in [2.24, 2.45) is 0 Å². The van der Waals surface area contributed by atoms with Gasteiger partial charge in [0.2, 0.25) is 0 Å². The Labute approximate surface area is 133 Å². The average Bonchev–Trinajstić information content (AvgIpc) is 3.18. The standard InChI is InChI=1S/C17H19N5O/c1-2-8-23-16(3-1)22-15-7-6-13(20-14(15)10-19-22)12-9-18-21-17(12)11-4-5-11/h6-7,9-11,16H,1-5,8H2,(H,18,21). The minimum absolute atomic E-state index is 0.0462. The molecule has 1 aliphatic heterocycles. The van der Waals surface area contributed by atoms with E-state index >= 15 is 0 Å². The maximum absolute atomic E-state index is 5.85. The Kier molecular flexibility index (Phi) is 2.97. The Morgan fingerprint density at radius 1 is 1.13 bits per heavy atom. The fourth-order valence-electron chi connectivity index (χ4n) is 3.41. The van der Waals surface area contributed by atoms with Gasteiger partial charge >= 0.3 is 0 Å². The summed E-state index contributed by atoms with van der Waals surface area (Å²) in [5.74, 6) is 0.628. The predicted octanol–water partition coefficient (Wildman–Crippen LogP) is 3.40. The van der Waals surface area contributed by atoms with E-state index in [1.165, 1.54) is 25.0 Å². The van der Waals surface area contributed by atoms with Crippen LogP contribution in [0.1, 0.15) is 49.9 Å². The lowest BCUT2D eigenvalue weighted by Crippen LogP contribution is -2.18. The first-order chi connectivity index (χ1) is 11.4. The Morgan fingerprint density at radius 3 is 2.91 bits per heavy atom. The average molecular weight is 309 g/mol. The molecular weight excluding hydrogens is 290 g/mol. The first kappa shape index (κ1) is 13.2. The summed E-state index contributed by atoms with van der Waals surface area (Å²) in [6.07, 6.45) is 9.61. The Hall–Kier alpha value is -2.21. The van der Waals surface area contributed by atoms with Gasteiger partial charge in [-0.25, -0.2) is 9.67 Å². The third-order valence-corrected chi connectivity index (χ3v) is 4.81. The second-order valence-electron chi connectivity index (χ2n) is 6.48. The molecule has 1 N–H and O–H groups in total. The minimum Gasteiger partial charge on any atom is -0.356 e. The Bertz CT molecular complexity index is 842. The first-order valence-corrected chi connectivity index (χ1v) is 8.39. The number of rotatable bonds is 3. The predicted molar refractivity (Wildman–Crippen MR) is 85.9 cm³/mol. The molecule has 2 fully saturated rings. The number of nitrogens with one attached hydrogen (secondary N) is 1. The van der Waals surface area contributed by atoms with Gasteiger partial charge in [0, 0.05) is 23.8 Å². The Morgan fingerprint density at radius 2 is 2.09 bits per heavy atom. The number of aromatic nitrogens is 5. The zero-order chi connectivity index (χ0) is 15.2. The van der Waals surface area contributed by atoms with Crippen LogP contribution in [0.2, 0.25) is 0 Å². The van der Waals surface area contributed by atoms with Crippen LogP contribution in [0.4, 0.5) is 0 Å². The summed E-state index contributed by atoms with van der Waals surface area (Å²) >= 11 is 0. The SMILES string of the molecule is c1cc2c(cnn2C2CCCCO2)nc1-c1cn[nH]c1C1CC1. The molecular formula is C17H19N5O. The van der Waals surface area contributed by atoms with Crippen LogP contribution in [0.3, 0.4) is 0 Å². The molecule has 118 valence electrons. The summed E-state index contributed by atoms with van der Waals surface area (Å²) in [4.78, 5) is 4.81. The summed E-state index contributed by atoms with van der Waals surface area (Å²) in [6.45, 7) is 0.817. The van der Waals surface area contributed by atoms with Gasteiger partial charge in [-0.3, -0.25) is 5.10 Å². The lowest BCUT2D eigenvalue weighted by Gasteiger charge is -2.23. The van der Waals surface area contributed by atoms with Crippen LogP contribution in [0.25, 0.3) is 22.3 Å². The van der Waals surface area contributed by atoms with Crippen molar-refractivity contribution in [3.63, 3.8) is 0 Å². The fraction of sp³-hybridized carbons (Fsp3) is 0.471. The van der Waals surface area contributed by atoms with Gasteiger partial charge in [0.25, 0.3) is 0 Å². The molecule has 0 bridgehead atoms. The Balaban J connectivity index is 1.54. The minimum atomic E-state index is 0.0462. The van der Waals surface area contributed by atoms with Crippen LogP contribution < -0.4 is 0 Å². The third-order valence-electron chi connectivity index (χ3n) is 4.81. The van der Waals surface area contributed by atoms with E-state index in [-0.39, 0.29) is 6.23 Å². The molecule has 0 aromatic carbocycles. The van der Waals surface area contributed by atoms with Gasteiger partial charge in [0.1, 0.15) is 5.52 Å². The zero-order valence-corrected chi connectivity index (χ0v) is 12.9. The van der Waals surface area contributed by atoms with Gasteiger partial charge in [0.15, 0.2) is 6.23 Å². The molecule has 5 rings (SSSR count). The second kappa shape index (κ2) is 5.16. The summed E-state index contributed by atoms with van der Waals surface area (Å²) in [6, 6.07) is 4.17. The second-order valence-corrected chi connectivity index (χ2v) is 6.48. The highest BCUT2D eigenvalue weighted by molar-refractivity contribution is 5.78. The van der Waals surface area contributed by atoms with Crippen molar-refractivity contribution in [1.29, 1.82) is 0 Å². The highest BCUT2D eigenvalue weighted by atomic mass is 16.5. The molecule has 0 spiro atoms. The molecule has 0 radical (unpaired) electrons. The van der Waals surface area contributed by atoms with Crippen molar-refractivity contribution >= 4 is 11.0 Å². The lowest BCUT2D eigenvalue weighted by atomic mass is 10.1. The molecule has 23 heavy (non-hydrogen) atoms. The maximum atomic E-state index is 5.85. The van der Waals surface area contributed by atoms with E-state index in [0.717, 1.165) is 41.7 Å². The van der Waals surface area contributed by atoms with Crippen LogP contribution in [0, 0.1) is 0 Å². The number of fused-ring (bicyclic) bond motifs is 1. The van der Waals surface area contributed by atoms with Gasteiger partial charge in [0.05, 0.1) is 23.6 Å². The molecule has 6 heteroatoms. The van der Waals surface area contributed by atoms with E-state index < -0.39 is 0 Å². The van der Waals surface area contributed by atoms with Gasteiger partial charge < -0.3 is 4.74 Å². The number of H-pyrrole nitrogens is 1. The van der Waals surface area contributed by atoms with E-state index in [1.54, 1.807) is 0 Å². The summed E-state index contributed by atoms with van der Waals surface area (Å²) in [7, 11) is 0. The molecule has 1 saturated heterocycles. The topological polar surface area (TPSA) is 68.6 Å². The fourth-order valence-corrected chi connectivity index (χ4v) is 3.41. The molecule has 4 heterocycles. The molecule has 3 aromatic heterocycles. The number of hydrogen-bond acceptors (Lipinski definition) is 4. The van der Waals surface area contributed by atoms with Crippen molar-refractivity contribution in [3.05, 3.63) is 30.2 Å². The number of aromatic amines is 1. The molecule has 0 amide bonds. The molecule has 3 aromatic rings. The largest absolute Gasteiger partial charge is 0.356 e. The maximum Gasteiger partial charge on any atom is 0.150 e. The van der Waals surface area contributed by atoms with E-state index in [0.29, 0.717) is 5.92 Å². The van der Waals surface area contributed by atoms with E-state index in [2.05, 4.69) is 27.4 Å². The summed E-state index contributed by atoms with van der Waals surface area (Å²) in [5, 5.41) is 11.9. The number of nitrogens with zero attached hydrogens (tertiary/aromatic N) is 4. The molecule has 1 saturated carbocycles. The number of ether oxygens (including phenoxy) is 1. The quantitative estimate of drug-likeness (QED) is 0.805. The van der Waals surface area contributed by atoms with Crippen molar-refractivity contribution in [3.8, 4) is 11.3 Å². The van der Waals surface area contributed by atoms with Crippen molar-refractivity contribution < 1.29 is 4.74 Å². The van der Waals surface area contributed by atoms with Crippen LogP contribution in [0.15, 0.2) is 24.5 Å². The van der Waals surface area contributed by atoms with Gasteiger partial charge in [-0.05, 0) is 44.2 Å². The highest BCUT2D eigenvalue weighted by Gasteiger charge is 2.28. The van der Waals surface area contributed by atoms with E-state index in [1.807, 2.05) is 17.1 Å². The van der Waals surface area contributed by atoms with Crippen molar-refractivity contribution in [1.82, 2.24) is 25.0 Å². The van der Waals surface area contributed by atoms with Crippen molar-refractivity contribution in [2.45, 2.75) is 44.2 Å². The summed E-state index contributed by atoms with van der Waals surface area (Å²) in [5.41, 5.74) is 5.27. The monoisotopic (exact) mass is 309 g/mol. The molecule has 1 aliphatic carbocycles. The first-order valence-electron chi connectivity index (χ1n) is 8.39. The molecule has 1 atom stereocenters. The third kappa shape index (κ3) is 2.25. The van der Waals surface area contributed by atoms with Crippen LogP contribution >= 0.6 is 0 Å². The van der Waals surface area contributed by atoms with Crippen LogP contribution in [0.5, 0.6) is 0 Å². The van der Waals surface area contributed by atoms with Crippen LogP contribution in [-0.2, 0) is 4.74 Å². The number of hydrogen-bond donors (Lipinski definition) is 1. The number of pyridine rings is 1. The summed E-state index contributed by atoms with van der Waals surface area (Å²) < 4.78 is 7.82.